The van der Waals surface area contributed by atoms with Gasteiger partial charge in [0.2, 0.25) is 0 Å². The molecule has 1 aromatic rings. The van der Waals surface area contributed by atoms with Crippen LogP contribution in [0.5, 0.6) is 0 Å². The molecule has 0 aliphatic carbocycles. The molecular weight excluding hydrogens is 218 g/mol. The Balaban J connectivity index is 2.75. The standard InChI is InChI=1S/C12H19N3O2/c1-5-17-12(16)10-8-13-11(14-9(10)2)6-7-15(3)4/h8H,5-7H2,1-4H3. The van der Waals surface area contributed by atoms with Gasteiger partial charge in [0.25, 0.3) is 0 Å². The summed E-state index contributed by atoms with van der Waals surface area (Å²) in [5, 5.41) is 0. The van der Waals surface area contributed by atoms with Crippen LogP contribution in [0.1, 0.15) is 28.8 Å². The average Bonchev–Trinajstić information content (AvgIpc) is 2.26. The molecule has 1 heterocycles. The number of hydrogen-bond acceptors (Lipinski definition) is 5. The molecular formula is C12H19N3O2. The van der Waals surface area contributed by atoms with Crippen molar-refractivity contribution >= 4 is 5.97 Å². The molecule has 0 aliphatic rings. The molecule has 0 spiro atoms. The van der Waals surface area contributed by atoms with Crippen LogP contribution in [0.15, 0.2) is 6.20 Å². The Hall–Kier alpha value is -1.49. The summed E-state index contributed by atoms with van der Waals surface area (Å²) in [6.45, 7) is 4.82. The monoisotopic (exact) mass is 237 g/mol. The third-order valence-corrected chi connectivity index (χ3v) is 2.31. The van der Waals surface area contributed by atoms with Crippen molar-refractivity contribution in [1.29, 1.82) is 0 Å². The van der Waals surface area contributed by atoms with E-state index in [1.54, 1.807) is 20.0 Å². The molecule has 0 atom stereocenters. The second-order valence-corrected chi connectivity index (χ2v) is 4.06. The van der Waals surface area contributed by atoms with E-state index in [4.69, 9.17) is 4.74 Å². The zero-order valence-electron chi connectivity index (χ0n) is 10.9. The molecule has 0 aliphatic heterocycles. The molecule has 0 amide bonds. The van der Waals surface area contributed by atoms with Gasteiger partial charge in [-0.3, -0.25) is 0 Å². The molecule has 0 bridgehead atoms. The maximum Gasteiger partial charge on any atom is 0.341 e. The fourth-order valence-electron chi connectivity index (χ4n) is 1.37. The highest BCUT2D eigenvalue weighted by Crippen LogP contribution is 2.06. The van der Waals surface area contributed by atoms with Crippen molar-refractivity contribution < 1.29 is 9.53 Å². The first-order chi connectivity index (χ1) is 8.04. The maximum absolute atomic E-state index is 11.5. The third-order valence-electron chi connectivity index (χ3n) is 2.31. The van der Waals surface area contributed by atoms with Crippen molar-refractivity contribution in [1.82, 2.24) is 14.9 Å². The molecule has 0 saturated heterocycles. The first-order valence-electron chi connectivity index (χ1n) is 5.69. The normalized spacial score (nSPS) is 10.6. The van der Waals surface area contributed by atoms with Gasteiger partial charge in [-0.2, -0.15) is 0 Å². The highest BCUT2D eigenvalue weighted by Gasteiger charge is 2.12. The first kappa shape index (κ1) is 13.6. The van der Waals surface area contributed by atoms with E-state index in [0.717, 1.165) is 18.8 Å². The summed E-state index contributed by atoms with van der Waals surface area (Å²) in [5.41, 5.74) is 1.12. The molecule has 0 aromatic carbocycles. The lowest BCUT2D eigenvalue weighted by atomic mass is 10.2. The fraction of sp³-hybridized carbons (Fsp3) is 0.583. The van der Waals surface area contributed by atoms with E-state index >= 15 is 0 Å². The SMILES string of the molecule is CCOC(=O)c1cnc(CCN(C)C)nc1C. The third kappa shape index (κ3) is 4.11. The number of aryl methyl sites for hydroxylation is 1. The Morgan fingerprint density at radius 3 is 2.71 bits per heavy atom. The summed E-state index contributed by atoms with van der Waals surface area (Å²) in [6.07, 6.45) is 2.32. The maximum atomic E-state index is 11.5. The number of aromatic nitrogens is 2. The minimum absolute atomic E-state index is 0.357. The van der Waals surface area contributed by atoms with E-state index in [2.05, 4.69) is 14.9 Å². The van der Waals surface area contributed by atoms with Crippen LogP contribution < -0.4 is 0 Å². The van der Waals surface area contributed by atoms with Crippen molar-refractivity contribution in [3.8, 4) is 0 Å². The van der Waals surface area contributed by atoms with Crippen molar-refractivity contribution in [3.05, 3.63) is 23.3 Å². The first-order valence-corrected chi connectivity index (χ1v) is 5.69. The van der Waals surface area contributed by atoms with Crippen LogP contribution in [-0.2, 0) is 11.2 Å². The molecule has 0 radical (unpaired) electrons. The van der Waals surface area contributed by atoms with Crippen LogP contribution in [0.25, 0.3) is 0 Å². The summed E-state index contributed by atoms with van der Waals surface area (Å²) in [6, 6.07) is 0. The minimum atomic E-state index is -0.357. The van der Waals surface area contributed by atoms with Gasteiger partial charge in [-0.05, 0) is 27.9 Å². The number of nitrogens with zero attached hydrogens (tertiary/aromatic N) is 3. The Bertz CT molecular complexity index is 391. The zero-order valence-corrected chi connectivity index (χ0v) is 10.9. The van der Waals surface area contributed by atoms with Crippen LogP contribution >= 0.6 is 0 Å². The van der Waals surface area contributed by atoms with E-state index < -0.39 is 0 Å². The Morgan fingerprint density at radius 2 is 2.18 bits per heavy atom. The number of carbonyl (C=O) groups excluding carboxylic acids is 1. The highest BCUT2D eigenvalue weighted by molar-refractivity contribution is 5.90. The van der Waals surface area contributed by atoms with Crippen molar-refractivity contribution in [3.63, 3.8) is 0 Å². The topological polar surface area (TPSA) is 55.3 Å². The van der Waals surface area contributed by atoms with Crippen LogP contribution in [0.4, 0.5) is 0 Å². The number of likely N-dealkylation sites (N-methyl/N-ethyl adjacent to an activating group) is 1. The zero-order chi connectivity index (χ0) is 12.8. The molecule has 94 valence electrons. The number of esters is 1. The number of carbonyl (C=O) groups is 1. The van der Waals surface area contributed by atoms with Gasteiger partial charge in [0.15, 0.2) is 0 Å². The Kier molecular flexibility index (Phi) is 5.03. The predicted octanol–water partition coefficient (Wildman–Crippen LogP) is 1.07. The second kappa shape index (κ2) is 6.30. The van der Waals surface area contributed by atoms with Crippen molar-refractivity contribution in [2.45, 2.75) is 20.3 Å². The lowest BCUT2D eigenvalue weighted by Crippen LogP contribution is -2.17. The van der Waals surface area contributed by atoms with Crippen LogP contribution in [0.2, 0.25) is 0 Å². The van der Waals surface area contributed by atoms with Gasteiger partial charge >= 0.3 is 5.97 Å². The highest BCUT2D eigenvalue weighted by atomic mass is 16.5. The number of hydrogen-bond donors (Lipinski definition) is 0. The summed E-state index contributed by atoms with van der Waals surface area (Å²) >= 11 is 0. The van der Waals surface area contributed by atoms with Gasteiger partial charge in [-0.15, -0.1) is 0 Å². The summed E-state index contributed by atoms with van der Waals surface area (Å²) in [4.78, 5) is 22.1. The van der Waals surface area contributed by atoms with E-state index in [0.29, 0.717) is 17.9 Å². The molecule has 0 fully saturated rings. The van der Waals surface area contributed by atoms with Gasteiger partial charge in [-0.1, -0.05) is 0 Å². The van der Waals surface area contributed by atoms with Crippen LogP contribution in [0.3, 0.4) is 0 Å². The average molecular weight is 237 g/mol. The van der Waals surface area contributed by atoms with Gasteiger partial charge in [0.05, 0.1) is 17.9 Å². The van der Waals surface area contributed by atoms with E-state index in [9.17, 15) is 4.79 Å². The summed E-state index contributed by atoms with van der Waals surface area (Å²) in [7, 11) is 4.00. The molecule has 1 rings (SSSR count). The van der Waals surface area contributed by atoms with Gasteiger partial charge in [0, 0.05) is 19.2 Å². The molecule has 1 aromatic heterocycles. The van der Waals surface area contributed by atoms with Gasteiger partial charge < -0.3 is 9.64 Å². The smallest absolute Gasteiger partial charge is 0.341 e. The largest absolute Gasteiger partial charge is 0.462 e. The molecule has 5 heteroatoms. The minimum Gasteiger partial charge on any atom is -0.462 e. The Morgan fingerprint density at radius 1 is 1.47 bits per heavy atom. The van der Waals surface area contributed by atoms with Gasteiger partial charge in [-0.25, -0.2) is 14.8 Å². The lowest BCUT2D eigenvalue weighted by molar-refractivity contribution is 0.0524. The number of ether oxygens (including phenoxy) is 1. The fourth-order valence-corrected chi connectivity index (χ4v) is 1.37. The molecule has 17 heavy (non-hydrogen) atoms. The summed E-state index contributed by atoms with van der Waals surface area (Å²) in [5.74, 6) is 0.397. The molecule has 0 saturated carbocycles. The van der Waals surface area contributed by atoms with E-state index in [1.807, 2.05) is 14.1 Å². The molecule has 5 nitrogen and oxygen atoms in total. The van der Waals surface area contributed by atoms with Crippen LogP contribution in [0, 0.1) is 6.92 Å². The van der Waals surface area contributed by atoms with E-state index in [1.165, 1.54) is 0 Å². The molecule has 0 unspecified atom stereocenters. The van der Waals surface area contributed by atoms with E-state index in [-0.39, 0.29) is 5.97 Å². The van der Waals surface area contributed by atoms with Crippen LogP contribution in [-0.4, -0.2) is 48.1 Å². The Labute approximate surface area is 102 Å². The van der Waals surface area contributed by atoms with Crippen molar-refractivity contribution in [2.75, 3.05) is 27.2 Å². The predicted molar refractivity (Wildman–Crippen MR) is 65.0 cm³/mol. The second-order valence-electron chi connectivity index (χ2n) is 4.06. The molecule has 0 N–H and O–H groups in total. The quantitative estimate of drug-likeness (QED) is 0.717. The van der Waals surface area contributed by atoms with Gasteiger partial charge in [0.1, 0.15) is 5.82 Å². The summed E-state index contributed by atoms with van der Waals surface area (Å²) < 4.78 is 4.92. The van der Waals surface area contributed by atoms with Crippen molar-refractivity contribution in [2.24, 2.45) is 0 Å². The number of rotatable bonds is 5. The lowest BCUT2D eigenvalue weighted by Gasteiger charge is -2.09.